The zero-order valence-corrected chi connectivity index (χ0v) is 11.8. The molecule has 2 aromatic rings. The third-order valence-corrected chi connectivity index (χ3v) is 2.92. The lowest BCUT2D eigenvalue weighted by Gasteiger charge is -2.07. The normalized spacial score (nSPS) is 9.68. The van der Waals surface area contributed by atoms with Crippen molar-refractivity contribution in [1.82, 2.24) is 0 Å². The molecule has 0 atom stereocenters. The first kappa shape index (κ1) is 15.5. The van der Waals surface area contributed by atoms with Gasteiger partial charge >= 0.3 is 11.8 Å². The van der Waals surface area contributed by atoms with Crippen LogP contribution in [0.5, 0.6) is 0 Å². The van der Waals surface area contributed by atoms with Crippen molar-refractivity contribution < 1.29 is 14.0 Å². The van der Waals surface area contributed by atoms with Crippen LogP contribution in [0.1, 0.15) is 5.56 Å². The van der Waals surface area contributed by atoms with Crippen LogP contribution in [0.2, 0.25) is 5.02 Å². The van der Waals surface area contributed by atoms with Crippen molar-refractivity contribution in [3.8, 4) is 6.07 Å². The SMILES string of the molecule is N#Cc1cccc(NC(=O)C(=O)Nc2ccc(F)c(Cl)c2)c1. The Morgan fingerprint density at radius 2 is 1.68 bits per heavy atom. The molecular formula is C15H9ClFN3O2. The number of nitrogens with one attached hydrogen (secondary N) is 2. The third kappa shape index (κ3) is 3.81. The highest BCUT2D eigenvalue weighted by Crippen LogP contribution is 2.19. The van der Waals surface area contributed by atoms with Crippen LogP contribution in [0.25, 0.3) is 0 Å². The quantitative estimate of drug-likeness (QED) is 0.835. The lowest BCUT2D eigenvalue weighted by Crippen LogP contribution is -2.29. The molecule has 0 radical (unpaired) electrons. The fourth-order valence-electron chi connectivity index (χ4n) is 1.62. The topological polar surface area (TPSA) is 82.0 Å². The molecular weight excluding hydrogens is 309 g/mol. The molecule has 2 amide bonds. The summed E-state index contributed by atoms with van der Waals surface area (Å²) in [7, 11) is 0. The summed E-state index contributed by atoms with van der Waals surface area (Å²) in [6.07, 6.45) is 0. The number of amides is 2. The van der Waals surface area contributed by atoms with E-state index in [0.29, 0.717) is 11.3 Å². The van der Waals surface area contributed by atoms with Crippen LogP contribution in [0.15, 0.2) is 42.5 Å². The average Bonchev–Trinajstić information content (AvgIpc) is 2.51. The zero-order valence-electron chi connectivity index (χ0n) is 11.1. The number of nitrogens with zero attached hydrogens (tertiary/aromatic N) is 1. The number of carbonyl (C=O) groups is 2. The maximum absolute atomic E-state index is 13.0. The highest BCUT2D eigenvalue weighted by molar-refractivity contribution is 6.43. The van der Waals surface area contributed by atoms with Gasteiger partial charge in [-0.1, -0.05) is 17.7 Å². The van der Waals surface area contributed by atoms with E-state index < -0.39 is 17.6 Å². The summed E-state index contributed by atoms with van der Waals surface area (Å²) in [6, 6.07) is 11.6. The Hall–Kier alpha value is -2.91. The molecule has 110 valence electrons. The summed E-state index contributed by atoms with van der Waals surface area (Å²) in [4.78, 5) is 23.5. The Kier molecular flexibility index (Phi) is 4.71. The second-order valence-electron chi connectivity index (χ2n) is 4.23. The highest BCUT2D eigenvalue weighted by atomic mass is 35.5. The Bertz CT molecular complexity index is 787. The van der Waals surface area contributed by atoms with Crippen molar-refractivity contribution in [1.29, 1.82) is 5.26 Å². The van der Waals surface area contributed by atoms with Gasteiger partial charge in [0.25, 0.3) is 0 Å². The number of hydrogen-bond acceptors (Lipinski definition) is 3. The van der Waals surface area contributed by atoms with Gasteiger partial charge in [-0.25, -0.2) is 4.39 Å². The maximum Gasteiger partial charge on any atom is 0.314 e. The van der Waals surface area contributed by atoms with Crippen LogP contribution in [0.4, 0.5) is 15.8 Å². The molecule has 0 spiro atoms. The zero-order chi connectivity index (χ0) is 16.1. The first-order chi connectivity index (χ1) is 10.5. The van der Waals surface area contributed by atoms with Gasteiger partial charge in [0.1, 0.15) is 5.82 Å². The Balaban J connectivity index is 2.04. The van der Waals surface area contributed by atoms with Gasteiger partial charge in [0.2, 0.25) is 0 Å². The minimum absolute atomic E-state index is 0.167. The maximum atomic E-state index is 13.0. The molecule has 0 unspecified atom stereocenters. The molecule has 7 heteroatoms. The van der Waals surface area contributed by atoms with Crippen molar-refractivity contribution in [2.45, 2.75) is 0 Å². The highest BCUT2D eigenvalue weighted by Gasteiger charge is 2.14. The molecule has 0 heterocycles. The second kappa shape index (κ2) is 6.70. The van der Waals surface area contributed by atoms with Crippen LogP contribution in [-0.2, 0) is 9.59 Å². The van der Waals surface area contributed by atoms with Gasteiger partial charge < -0.3 is 10.6 Å². The van der Waals surface area contributed by atoms with E-state index in [1.165, 1.54) is 18.2 Å². The number of rotatable bonds is 2. The van der Waals surface area contributed by atoms with Gasteiger partial charge in [-0.3, -0.25) is 9.59 Å². The second-order valence-corrected chi connectivity index (χ2v) is 4.64. The number of benzene rings is 2. The van der Waals surface area contributed by atoms with Crippen molar-refractivity contribution in [3.63, 3.8) is 0 Å². The van der Waals surface area contributed by atoms with E-state index in [2.05, 4.69) is 10.6 Å². The van der Waals surface area contributed by atoms with Gasteiger partial charge in [0.05, 0.1) is 16.7 Å². The minimum atomic E-state index is -0.940. The van der Waals surface area contributed by atoms with Crippen LogP contribution in [0, 0.1) is 17.1 Å². The fourth-order valence-corrected chi connectivity index (χ4v) is 1.80. The molecule has 5 nitrogen and oxygen atoms in total. The van der Waals surface area contributed by atoms with Crippen molar-refractivity contribution in [2.24, 2.45) is 0 Å². The third-order valence-electron chi connectivity index (χ3n) is 2.63. The van der Waals surface area contributed by atoms with Gasteiger partial charge in [-0.15, -0.1) is 0 Å². The molecule has 2 rings (SSSR count). The van der Waals surface area contributed by atoms with Crippen LogP contribution in [-0.4, -0.2) is 11.8 Å². The van der Waals surface area contributed by atoms with E-state index in [1.54, 1.807) is 18.2 Å². The van der Waals surface area contributed by atoms with E-state index >= 15 is 0 Å². The number of carbonyl (C=O) groups excluding carboxylic acids is 2. The lowest BCUT2D eigenvalue weighted by molar-refractivity contribution is -0.132. The summed E-state index contributed by atoms with van der Waals surface area (Å²) in [5.41, 5.74) is 0.859. The molecule has 0 aliphatic carbocycles. The summed E-state index contributed by atoms with van der Waals surface area (Å²) in [6.45, 7) is 0. The number of hydrogen-bond donors (Lipinski definition) is 2. The predicted octanol–water partition coefficient (Wildman–Crippen LogP) is 2.93. The number of halogens is 2. The lowest BCUT2D eigenvalue weighted by atomic mass is 10.2. The number of anilines is 2. The monoisotopic (exact) mass is 317 g/mol. The molecule has 0 saturated carbocycles. The summed E-state index contributed by atoms with van der Waals surface area (Å²) in [5.74, 6) is -2.49. The van der Waals surface area contributed by atoms with Crippen molar-refractivity contribution in [2.75, 3.05) is 10.6 Å². The molecule has 0 aliphatic rings. The molecule has 2 N–H and O–H groups in total. The van der Waals surface area contributed by atoms with E-state index in [4.69, 9.17) is 16.9 Å². The largest absolute Gasteiger partial charge is 0.318 e. The summed E-state index contributed by atoms with van der Waals surface area (Å²) < 4.78 is 13.0. The molecule has 0 bridgehead atoms. The van der Waals surface area contributed by atoms with Gasteiger partial charge in [0, 0.05) is 11.4 Å². The van der Waals surface area contributed by atoms with Crippen LogP contribution < -0.4 is 10.6 Å². The molecule has 2 aromatic carbocycles. The Morgan fingerprint density at radius 3 is 2.27 bits per heavy atom. The van der Waals surface area contributed by atoms with Gasteiger partial charge in [-0.05, 0) is 36.4 Å². The van der Waals surface area contributed by atoms with Crippen LogP contribution in [0.3, 0.4) is 0 Å². The standard InChI is InChI=1S/C15H9ClFN3O2/c16-12-7-11(4-5-13(12)17)20-15(22)14(21)19-10-3-1-2-9(6-10)8-18/h1-7H,(H,19,21)(H,20,22). The van der Waals surface area contributed by atoms with Gasteiger partial charge in [-0.2, -0.15) is 5.26 Å². The van der Waals surface area contributed by atoms with Crippen molar-refractivity contribution in [3.05, 3.63) is 58.9 Å². The average molecular weight is 318 g/mol. The van der Waals surface area contributed by atoms with E-state index in [0.717, 1.165) is 6.07 Å². The molecule has 0 aliphatic heterocycles. The Labute approximate surface area is 130 Å². The Morgan fingerprint density at radius 1 is 1.05 bits per heavy atom. The first-order valence-electron chi connectivity index (χ1n) is 6.07. The number of nitriles is 1. The fraction of sp³-hybridized carbons (Fsp3) is 0. The van der Waals surface area contributed by atoms with Gasteiger partial charge in [0.15, 0.2) is 0 Å². The molecule has 0 aromatic heterocycles. The van der Waals surface area contributed by atoms with E-state index in [-0.39, 0.29) is 10.7 Å². The summed E-state index contributed by atoms with van der Waals surface area (Å²) >= 11 is 5.58. The van der Waals surface area contributed by atoms with Crippen molar-refractivity contribution >= 4 is 34.8 Å². The first-order valence-corrected chi connectivity index (χ1v) is 6.45. The van der Waals surface area contributed by atoms with E-state index in [9.17, 15) is 14.0 Å². The molecule has 0 saturated heterocycles. The molecule has 0 fully saturated rings. The summed E-state index contributed by atoms with van der Waals surface area (Å²) in [5, 5.41) is 13.2. The smallest absolute Gasteiger partial charge is 0.314 e. The minimum Gasteiger partial charge on any atom is -0.318 e. The van der Waals surface area contributed by atoms with Crippen LogP contribution >= 0.6 is 11.6 Å². The predicted molar refractivity (Wildman–Crippen MR) is 79.8 cm³/mol. The van der Waals surface area contributed by atoms with E-state index in [1.807, 2.05) is 6.07 Å². The molecule has 22 heavy (non-hydrogen) atoms.